The Hall–Kier alpha value is -3.41. The molecule has 6 heteroatoms. The SMILES string of the molecule is CC/C=C\C/C=C\C/C=C\CCCCCCCCCC(=O)OCC(COC(=O)CCCCCCCCCCCCC/C=C\C/C=C\CCCCCCC)OC(=O)CCCCCCCCC/C=C\C/C=C\CCCCCC. The van der Waals surface area contributed by atoms with Crippen molar-refractivity contribution in [1.29, 1.82) is 0 Å². The van der Waals surface area contributed by atoms with Crippen LogP contribution in [0.4, 0.5) is 0 Å². The number of carbonyl (C=O) groups excluding carboxylic acids is 3. The minimum Gasteiger partial charge on any atom is -0.462 e. The summed E-state index contributed by atoms with van der Waals surface area (Å²) in [7, 11) is 0. The van der Waals surface area contributed by atoms with Gasteiger partial charge in [0.1, 0.15) is 13.2 Å². The van der Waals surface area contributed by atoms with E-state index in [1.54, 1.807) is 0 Å². The van der Waals surface area contributed by atoms with Gasteiger partial charge in [0.25, 0.3) is 0 Å². The van der Waals surface area contributed by atoms with Crippen molar-refractivity contribution in [2.75, 3.05) is 13.2 Å². The van der Waals surface area contributed by atoms with E-state index in [1.165, 1.54) is 180 Å². The predicted molar refractivity (Wildman–Crippen MR) is 330 cm³/mol. The highest BCUT2D eigenvalue weighted by Crippen LogP contribution is 2.16. The summed E-state index contributed by atoms with van der Waals surface area (Å²) in [6.45, 7) is 6.52. The molecule has 0 fully saturated rings. The van der Waals surface area contributed by atoms with Crippen molar-refractivity contribution in [2.24, 2.45) is 0 Å². The highest BCUT2D eigenvalue weighted by Gasteiger charge is 2.19. The first-order valence-electron chi connectivity index (χ1n) is 32.6. The maximum atomic E-state index is 12.9. The zero-order valence-electron chi connectivity index (χ0n) is 50.3. The summed E-state index contributed by atoms with van der Waals surface area (Å²) in [5.74, 6) is -0.890. The van der Waals surface area contributed by atoms with Gasteiger partial charge in [0.15, 0.2) is 6.10 Å². The molecule has 0 amide bonds. The lowest BCUT2D eigenvalue weighted by atomic mass is 10.0. The van der Waals surface area contributed by atoms with Crippen molar-refractivity contribution >= 4 is 17.9 Å². The number of esters is 3. The normalized spacial score (nSPS) is 12.6. The Kier molecular flexibility index (Phi) is 61.2. The summed E-state index contributed by atoms with van der Waals surface area (Å²) in [6, 6.07) is 0. The van der Waals surface area contributed by atoms with Gasteiger partial charge in [-0.3, -0.25) is 14.4 Å². The molecule has 0 aromatic heterocycles. The molecule has 0 spiro atoms. The van der Waals surface area contributed by atoms with Gasteiger partial charge in [-0.2, -0.15) is 0 Å². The van der Waals surface area contributed by atoms with Gasteiger partial charge in [-0.1, -0.05) is 273 Å². The highest BCUT2D eigenvalue weighted by atomic mass is 16.6. The first kappa shape index (κ1) is 72.6. The molecule has 76 heavy (non-hydrogen) atoms. The summed E-state index contributed by atoms with van der Waals surface area (Å²) in [5.41, 5.74) is 0. The largest absolute Gasteiger partial charge is 0.462 e. The molecule has 0 aromatic carbocycles. The zero-order chi connectivity index (χ0) is 55.0. The molecule has 0 bridgehead atoms. The number of rotatable bonds is 59. The Bertz CT molecular complexity index is 1450. The number of carbonyl (C=O) groups is 3. The van der Waals surface area contributed by atoms with E-state index in [1.807, 2.05) is 0 Å². The molecule has 0 heterocycles. The molecule has 0 aliphatic carbocycles. The minimum absolute atomic E-state index is 0.0830. The van der Waals surface area contributed by atoms with Gasteiger partial charge in [-0.05, 0) is 116 Å². The zero-order valence-corrected chi connectivity index (χ0v) is 50.3. The standard InChI is InChI=1S/C70H122O6/c1-4-7-10-13-16-19-22-25-28-31-33-34-35-36-37-40-42-45-48-51-54-57-60-63-69(72)75-66-67(65-74-68(71)62-59-56-53-50-47-44-41-38-30-27-24-21-18-15-12-9-6-3)76-70(73)64-61-58-55-52-49-46-43-39-32-29-26-23-20-17-14-11-8-5-2/h9,12,18,20-23,25,27,29-33,67H,4-8,10-11,13-17,19,24,26,28,34-66H2,1-3H3/b12-9-,21-18-,23-20-,25-22-,30-27-,32-29-,33-31-. The van der Waals surface area contributed by atoms with Crippen molar-refractivity contribution < 1.29 is 28.6 Å². The monoisotopic (exact) mass is 1060 g/mol. The Labute approximate surface area is 471 Å². The van der Waals surface area contributed by atoms with E-state index < -0.39 is 6.10 Å². The summed E-state index contributed by atoms with van der Waals surface area (Å²) < 4.78 is 16.9. The molecule has 1 atom stereocenters. The molecule has 1 unspecified atom stereocenters. The van der Waals surface area contributed by atoms with E-state index in [-0.39, 0.29) is 31.1 Å². The van der Waals surface area contributed by atoms with E-state index >= 15 is 0 Å². The predicted octanol–water partition coefficient (Wildman–Crippen LogP) is 22.3. The first-order valence-corrected chi connectivity index (χ1v) is 32.6. The average molecular weight is 1060 g/mol. The van der Waals surface area contributed by atoms with Crippen LogP contribution in [-0.4, -0.2) is 37.2 Å². The summed E-state index contributed by atoms with van der Waals surface area (Å²) in [6.07, 6.45) is 84.4. The van der Waals surface area contributed by atoms with Gasteiger partial charge < -0.3 is 14.2 Å². The molecule has 0 saturated carbocycles. The second kappa shape index (κ2) is 64.1. The fourth-order valence-corrected chi connectivity index (χ4v) is 9.23. The Morgan fingerprint density at radius 1 is 0.276 bits per heavy atom. The highest BCUT2D eigenvalue weighted by molar-refractivity contribution is 5.71. The maximum Gasteiger partial charge on any atom is 0.306 e. The number of hydrogen-bond acceptors (Lipinski definition) is 6. The Balaban J connectivity index is 4.37. The lowest BCUT2D eigenvalue weighted by Gasteiger charge is -2.18. The topological polar surface area (TPSA) is 78.9 Å². The van der Waals surface area contributed by atoms with Crippen LogP contribution < -0.4 is 0 Å². The molecule has 0 aliphatic rings. The van der Waals surface area contributed by atoms with Crippen LogP contribution >= 0.6 is 0 Å². The van der Waals surface area contributed by atoms with E-state index in [0.717, 1.165) is 103 Å². The van der Waals surface area contributed by atoms with Crippen LogP contribution in [0.3, 0.4) is 0 Å². The van der Waals surface area contributed by atoms with Crippen molar-refractivity contribution in [3.63, 3.8) is 0 Å². The third-order valence-electron chi connectivity index (χ3n) is 14.1. The van der Waals surface area contributed by atoms with E-state index in [9.17, 15) is 14.4 Å². The molecule has 0 aromatic rings. The summed E-state index contributed by atoms with van der Waals surface area (Å²) in [4.78, 5) is 38.4. The maximum absolute atomic E-state index is 12.9. The molecule has 0 rings (SSSR count). The molecule has 438 valence electrons. The van der Waals surface area contributed by atoms with E-state index in [0.29, 0.717) is 19.3 Å². The number of allylic oxidation sites excluding steroid dienone is 14. The van der Waals surface area contributed by atoms with Crippen molar-refractivity contribution in [2.45, 2.75) is 329 Å². The van der Waals surface area contributed by atoms with E-state index in [2.05, 4.69) is 106 Å². The van der Waals surface area contributed by atoms with Crippen LogP contribution in [0.5, 0.6) is 0 Å². The van der Waals surface area contributed by atoms with Crippen LogP contribution in [0.1, 0.15) is 323 Å². The summed E-state index contributed by atoms with van der Waals surface area (Å²) in [5, 5.41) is 0. The van der Waals surface area contributed by atoms with Gasteiger partial charge in [0, 0.05) is 19.3 Å². The molecule has 0 N–H and O–H groups in total. The lowest BCUT2D eigenvalue weighted by molar-refractivity contribution is -0.167. The molecule has 0 radical (unpaired) electrons. The fourth-order valence-electron chi connectivity index (χ4n) is 9.23. The number of ether oxygens (including phenoxy) is 3. The number of hydrogen-bond donors (Lipinski definition) is 0. The molecular formula is C70H122O6. The van der Waals surface area contributed by atoms with Gasteiger partial charge in [-0.15, -0.1) is 0 Å². The quantitative estimate of drug-likeness (QED) is 0.0261. The van der Waals surface area contributed by atoms with Crippen molar-refractivity contribution in [3.8, 4) is 0 Å². The van der Waals surface area contributed by atoms with Crippen LogP contribution in [-0.2, 0) is 28.6 Å². The third-order valence-corrected chi connectivity index (χ3v) is 14.1. The fraction of sp³-hybridized carbons (Fsp3) is 0.757. The molecule has 6 nitrogen and oxygen atoms in total. The van der Waals surface area contributed by atoms with E-state index in [4.69, 9.17) is 14.2 Å². The summed E-state index contributed by atoms with van der Waals surface area (Å²) >= 11 is 0. The third kappa shape index (κ3) is 61.4. The number of unbranched alkanes of at least 4 members (excludes halogenated alkanes) is 34. The van der Waals surface area contributed by atoms with Gasteiger partial charge in [0.2, 0.25) is 0 Å². The first-order chi connectivity index (χ1) is 37.5. The van der Waals surface area contributed by atoms with Crippen LogP contribution in [0.15, 0.2) is 85.1 Å². The average Bonchev–Trinajstić information content (AvgIpc) is 3.42. The second-order valence-electron chi connectivity index (χ2n) is 21.6. The smallest absolute Gasteiger partial charge is 0.306 e. The van der Waals surface area contributed by atoms with Crippen molar-refractivity contribution in [1.82, 2.24) is 0 Å². The molecule has 0 aliphatic heterocycles. The lowest BCUT2D eigenvalue weighted by Crippen LogP contribution is -2.30. The van der Waals surface area contributed by atoms with Crippen molar-refractivity contribution in [3.05, 3.63) is 85.1 Å². The van der Waals surface area contributed by atoms with Crippen LogP contribution in [0.2, 0.25) is 0 Å². The van der Waals surface area contributed by atoms with Gasteiger partial charge >= 0.3 is 17.9 Å². The Morgan fingerprint density at radius 2 is 0.513 bits per heavy atom. The second-order valence-corrected chi connectivity index (χ2v) is 21.6. The molecular weight excluding hydrogens is 937 g/mol. The van der Waals surface area contributed by atoms with Gasteiger partial charge in [0.05, 0.1) is 0 Å². The minimum atomic E-state index is -0.788. The van der Waals surface area contributed by atoms with Gasteiger partial charge in [-0.25, -0.2) is 0 Å². The Morgan fingerprint density at radius 3 is 0.816 bits per heavy atom. The van der Waals surface area contributed by atoms with Crippen LogP contribution in [0.25, 0.3) is 0 Å². The van der Waals surface area contributed by atoms with Crippen LogP contribution in [0, 0.1) is 0 Å². The molecule has 0 saturated heterocycles.